The molecular weight excluding hydrogens is 417 g/mol. The Balaban J connectivity index is 2.42. The van der Waals surface area contributed by atoms with Crippen LogP contribution in [0.25, 0.3) is 0 Å². The Morgan fingerprint density at radius 3 is 2.16 bits per heavy atom. The first-order chi connectivity index (χ1) is 8.81. The normalized spacial score (nSPS) is 11.6. The third-order valence-electron chi connectivity index (χ3n) is 2.09. The molecule has 0 aliphatic carbocycles. The predicted molar refractivity (Wildman–Crippen MR) is 84.3 cm³/mol. The van der Waals surface area contributed by atoms with E-state index < -0.39 is 10.0 Å². The van der Waals surface area contributed by atoms with Crippen molar-refractivity contribution < 1.29 is 8.42 Å². The highest BCUT2D eigenvalue weighted by molar-refractivity contribution is 9.11. The Bertz CT molecular complexity index is 691. The monoisotopic (exact) mass is 419 g/mol. The molecule has 1 aromatic carbocycles. The topological polar surface area (TPSA) is 46.2 Å². The summed E-state index contributed by atoms with van der Waals surface area (Å²) in [5.41, 5.74) is 0.145. The average molecular weight is 422 g/mol. The highest BCUT2D eigenvalue weighted by atomic mass is 79.9. The number of thiophene rings is 1. The number of rotatable bonds is 3. The van der Waals surface area contributed by atoms with Crippen LogP contribution in [0.15, 0.2) is 32.3 Å². The molecule has 0 amide bonds. The van der Waals surface area contributed by atoms with Gasteiger partial charge in [0.25, 0.3) is 10.0 Å². The van der Waals surface area contributed by atoms with Gasteiger partial charge < -0.3 is 0 Å². The molecule has 19 heavy (non-hydrogen) atoms. The van der Waals surface area contributed by atoms with E-state index in [0.29, 0.717) is 8.81 Å². The maximum absolute atomic E-state index is 12.2. The summed E-state index contributed by atoms with van der Waals surface area (Å²) in [5, 5.41) is 0.770. The van der Waals surface area contributed by atoms with E-state index in [2.05, 4.69) is 20.7 Å². The molecular formula is C10H5BrCl3NO2S2. The van der Waals surface area contributed by atoms with Crippen molar-refractivity contribution in [3.63, 3.8) is 0 Å². The van der Waals surface area contributed by atoms with E-state index in [1.165, 1.54) is 6.07 Å². The molecule has 0 atom stereocenters. The van der Waals surface area contributed by atoms with E-state index >= 15 is 0 Å². The van der Waals surface area contributed by atoms with E-state index in [9.17, 15) is 8.42 Å². The lowest BCUT2D eigenvalue weighted by Gasteiger charge is -2.09. The number of anilines is 1. The molecule has 1 N–H and O–H groups in total. The molecule has 1 aromatic heterocycles. The minimum atomic E-state index is -3.77. The predicted octanol–water partition coefficient (Wildman–Crippen LogP) is 5.27. The average Bonchev–Trinajstić information content (AvgIpc) is 2.66. The molecule has 102 valence electrons. The summed E-state index contributed by atoms with van der Waals surface area (Å²) >= 11 is 21.8. The third kappa shape index (κ3) is 3.37. The molecule has 3 nitrogen and oxygen atoms in total. The van der Waals surface area contributed by atoms with Gasteiger partial charge in [0.05, 0.1) is 24.5 Å². The lowest BCUT2D eigenvalue weighted by Crippen LogP contribution is -2.12. The molecule has 0 radical (unpaired) electrons. The Labute approximate surface area is 137 Å². The van der Waals surface area contributed by atoms with E-state index in [0.717, 1.165) is 11.3 Å². The van der Waals surface area contributed by atoms with Gasteiger partial charge in [0.15, 0.2) is 0 Å². The summed E-state index contributed by atoms with van der Waals surface area (Å²) in [7, 11) is -3.77. The second kappa shape index (κ2) is 5.79. The van der Waals surface area contributed by atoms with Gasteiger partial charge in [-0.25, -0.2) is 8.42 Å². The summed E-state index contributed by atoms with van der Waals surface area (Å²) in [4.78, 5) is 0. The highest BCUT2D eigenvalue weighted by Crippen LogP contribution is 2.37. The smallest absolute Gasteiger partial charge is 0.271 e. The van der Waals surface area contributed by atoms with Gasteiger partial charge in [-0.15, -0.1) is 11.3 Å². The Morgan fingerprint density at radius 2 is 1.68 bits per heavy atom. The number of para-hydroxylation sites is 1. The number of nitrogens with one attached hydrogen (secondary N) is 1. The molecule has 0 fully saturated rings. The number of sulfonamides is 1. The van der Waals surface area contributed by atoms with Gasteiger partial charge in [-0.1, -0.05) is 40.9 Å². The zero-order valence-electron chi connectivity index (χ0n) is 8.95. The molecule has 0 unspecified atom stereocenters. The minimum absolute atomic E-state index is 0.0698. The van der Waals surface area contributed by atoms with Crippen LogP contribution in [0.4, 0.5) is 5.69 Å². The first-order valence-corrected chi connectivity index (χ1v) is 8.95. The Kier molecular flexibility index (Phi) is 4.70. The van der Waals surface area contributed by atoms with E-state index in [1.807, 2.05) is 0 Å². The first-order valence-electron chi connectivity index (χ1n) is 4.73. The summed E-state index contributed by atoms with van der Waals surface area (Å²) < 4.78 is 27.3. The van der Waals surface area contributed by atoms with Crippen LogP contribution in [-0.2, 0) is 10.0 Å². The zero-order chi connectivity index (χ0) is 14.2. The fourth-order valence-electron chi connectivity index (χ4n) is 1.24. The van der Waals surface area contributed by atoms with Crippen LogP contribution in [0.3, 0.4) is 0 Å². The zero-order valence-corrected chi connectivity index (χ0v) is 14.4. The van der Waals surface area contributed by atoms with Crippen LogP contribution in [0, 0.1) is 0 Å². The summed E-state index contributed by atoms with van der Waals surface area (Å²) in [6.45, 7) is 0. The highest BCUT2D eigenvalue weighted by Gasteiger charge is 2.21. The standard InChI is InChI=1S/C10H5BrCl3NO2S2/c11-10-7(14)4-8(18-10)19(16,17)15-9-5(12)2-1-3-6(9)13/h1-4,15H. The summed E-state index contributed by atoms with van der Waals surface area (Å²) in [5.74, 6) is 0. The van der Waals surface area contributed by atoms with Crippen molar-refractivity contribution >= 4 is 77.8 Å². The van der Waals surface area contributed by atoms with Gasteiger partial charge in [0.2, 0.25) is 0 Å². The van der Waals surface area contributed by atoms with Crippen LogP contribution < -0.4 is 4.72 Å². The fraction of sp³-hybridized carbons (Fsp3) is 0. The van der Waals surface area contributed by atoms with Crippen molar-refractivity contribution in [2.45, 2.75) is 4.21 Å². The number of halogens is 4. The Hall–Kier alpha value is 0.0200. The maximum atomic E-state index is 12.2. The van der Waals surface area contributed by atoms with Gasteiger partial charge in [-0.05, 0) is 34.1 Å². The van der Waals surface area contributed by atoms with Gasteiger partial charge >= 0.3 is 0 Å². The molecule has 0 bridgehead atoms. The molecule has 2 rings (SSSR count). The molecule has 9 heteroatoms. The van der Waals surface area contributed by atoms with Crippen LogP contribution in [-0.4, -0.2) is 8.42 Å². The van der Waals surface area contributed by atoms with Crippen LogP contribution in [0.1, 0.15) is 0 Å². The molecule has 0 spiro atoms. The number of hydrogen-bond donors (Lipinski definition) is 1. The van der Waals surface area contributed by atoms with E-state index in [4.69, 9.17) is 34.8 Å². The van der Waals surface area contributed by atoms with Crippen LogP contribution in [0.2, 0.25) is 15.1 Å². The van der Waals surface area contributed by atoms with Gasteiger partial charge in [0.1, 0.15) is 4.21 Å². The number of benzene rings is 1. The lowest BCUT2D eigenvalue weighted by molar-refractivity contribution is 0.603. The molecule has 1 heterocycles. The third-order valence-corrected chi connectivity index (χ3v) is 7.01. The molecule has 2 aromatic rings. The SMILES string of the molecule is O=S(=O)(Nc1c(Cl)cccc1Cl)c1cc(Cl)c(Br)s1. The van der Waals surface area contributed by atoms with Crippen molar-refractivity contribution in [1.29, 1.82) is 0 Å². The number of hydrogen-bond acceptors (Lipinski definition) is 3. The quantitative estimate of drug-likeness (QED) is 0.734. The van der Waals surface area contributed by atoms with Crippen molar-refractivity contribution in [3.05, 3.63) is 43.1 Å². The fourth-order valence-corrected chi connectivity index (χ4v) is 5.34. The Morgan fingerprint density at radius 1 is 1.11 bits per heavy atom. The van der Waals surface area contributed by atoms with Gasteiger partial charge in [0, 0.05) is 0 Å². The molecule has 0 saturated heterocycles. The first kappa shape index (κ1) is 15.4. The van der Waals surface area contributed by atoms with Crippen molar-refractivity contribution in [1.82, 2.24) is 0 Å². The van der Waals surface area contributed by atoms with Crippen LogP contribution in [0.5, 0.6) is 0 Å². The summed E-state index contributed by atoms with van der Waals surface area (Å²) in [6, 6.07) is 6.07. The van der Waals surface area contributed by atoms with E-state index in [1.54, 1.807) is 18.2 Å². The molecule has 0 aliphatic heterocycles. The second-order valence-electron chi connectivity index (χ2n) is 3.39. The van der Waals surface area contributed by atoms with Gasteiger partial charge in [-0.3, -0.25) is 4.72 Å². The van der Waals surface area contributed by atoms with Crippen LogP contribution >= 0.6 is 62.1 Å². The van der Waals surface area contributed by atoms with E-state index in [-0.39, 0.29) is 19.9 Å². The van der Waals surface area contributed by atoms with Crippen molar-refractivity contribution in [2.24, 2.45) is 0 Å². The minimum Gasteiger partial charge on any atom is -0.276 e. The molecule has 0 saturated carbocycles. The van der Waals surface area contributed by atoms with Crippen molar-refractivity contribution in [3.8, 4) is 0 Å². The second-order valence-corrected chi connectivity index (χ2v) is 8.89. The maximum Gasteiger partial charge on any atom is 0.271 e. The summed E-state index contributed by atoms with van der Waals surface area (Å²) in [6.07, 6.45) is 0. The van der Waals surface area contributed by atoms with Crippen molar-refractivity contribution in [2.75, 3.05) is 4.72 Å². The largest absolute Gasteiger partial charge is 0.276 e. The lowest BCUT2D eigenvalue weighted by atomic mass is 10.3. The van der Waals surface area contributed by atoms with Gasteiger partial charge in [-0.2, -0.15) is 0 Å². The molecule has 0 aliphatic rings.